The first-order chi connectivity index (χ1) is 7.97. The first-order valence-electron chi connectivity index (χ1n) is 6.04. The van der Waals surface area contributed by atoms with Crippen LogP contribution in [-0.2, 0) is 0 Å². The Balaban J connectivity index is 2.14. The molecule has 0 amide bonds. The van der Waals surface area contributed by atoms with Crippen molar-refractivity contribution in [3.8, 4) is 0 Å². The van der Waals surface area contributed by atoms with Crippen molar-refractivity contribution >= 4 is 23.4 Å². The number of nitrogens with two attached hydrogens (primary N) is 1. The fourth-order valence-electron chi connectivity index (χ4n) is 2.45. The first-order valence-corrected chi connectivity index (χ1v) is 6.42. The molecule has 1 fully saturated rings. The molecular formula is C12H19ClN4. The van der Waals surface area contributed by atoms with Crippen molar-refractivity contribution in [2.45, 2.75) is 45.6 Å². The summed E-state index contributed by atoms with van der Waals surface area (Å²) in [7, 11) is 0. The fraction of sp³-hybridized carbons (Fsp3) is 0.667. The number of halogens is 1. The molecule has 0 saturated heterocycles. The van der Waals surface area contributed by atoms with E-state index in [-0.39, 0.29) is 11.4 Å². The monoisotopic (exact) mass is 254 g/mol. The lowest BCUT2D eigenvalue weighted by Gasteiger charge is -2.39. The van der Waals surface area contributed by atoms with Crippen LogP contribution in [0, 0.1) is 5.41 Å². The third kappa shape index (κ3) is 3.00. The predicted molar refractivity (Wildman–Crippen MR) is 71.1 cm³/mol. The molecule has 0 aromatic carbocycles. The van der Waals surface area contributed by atoms with E-state index in [1.165, 1.54) is 19.3 Å². The molecule has 0 aliphatic heterocycles. The maximum absolute atomic E-state index is 5.87. The van der Waals surface area contributed by atoms with Gasteiger partial charge < -0.3 is 11.1 Å². The molecule has 2 rings (SSSR count). The number of aromatic nitrogens is 2. The van der Waals surface area contributed by atoms with Crippen LogP contribution in [-0.4, -0.2) is 16.0 Å². The zero-order chi connectivity index (χ0) is 12.5. The topological polar surface area (TPSA) is 63.8 Å². The van der Waals surface area contributed by atoms with Gasteiger partial charge in [-0.25, -0.2) is 4.98 Å². The highest BCUT2D eigenvalue weighted by atomic mass is 35.5. The maximum Gasteiger partial charge on any atom is 0.223 e. The zero-order valence-electron chi connectivity index (χ0n) is 10.3. The van der Waals surface area contributed by atoms with Crippen LogP contribution in [0.15, 0.2) is 6.07 Å². The van der Waals surface area contributed by atoms with E-state index in [2.05, 4.69) is 29.1 Å². The Morgan fingerprint density at radius 2 is 2.18 bits per heavy atom. The van der Waals surface area contributed by atoms with Gasteiger partial charge in [0.15, 0.2) is 0 Å². The van der Waals surface area contributed by atoms with Crippen LogP contribution in [0.3, 0.4) is 0 Å². The minimum Gasteiger partial charge on any atom is -0.368 e. The largest absolute Gasteiger partial charge is 0.368 e. The number of nitrogens with zero attached hydrogens (tertiary/aromatic N) is 2. The Bertz CT molecular complexity index is 385. The van der Waals surface area contributed by atoms with Crippen LogP contribution in [0.5, 0.6) is 0 Å². The number of nitrogens with one attached hydrogen (secondary N) is 1. The van der Waals surface area contributed by atoms with Crippen LogP contribution in [0.1, 0.15) is 39.5 Å². The van der Waals surface area contributed by atoms with Crippen LogP contribution in [0.4, 0.5) is 11.8 Å². The molecule has 1 atom stereocenters. The van der Waals surface area contributed by atoms with Crippen molar-refractivity contribution in [1.82, 2.24) is 9.97 Å². The summed E-state index contributed by atoms with van der Waals surface area (Å²) in [4.78, 5) is 8.02. The Morgan fingerprint density at radius 3 is 2.82 bits per heavy atom. The van der Waals surface area contributed by atoms with Gasteiger partial charge in [-0.05, 0) is 18.3 Å². The molecule has 1 heterocycles. The highest BCUT2D eigenvalue weighted by molar-refractivity contribution is 6.29. The standard InChI is InChI=1S/C12H19ClN4/c1-12(2)6-4-3-5-8(12)15-10-7-9(13)16-11(14)17-10/h7-8H,3-6H2,1-2H3,(H3,14,15,16,17). The molecule has 1 aromatic rings. The molecule has 1 aliphatic carbocycles. The highest BCUT2D eigenvalue weighted by Gasteiger charge is 2.32. The SMILES string of the molecule is CC1(C)CCCCC1Nc1cc(Cl)nc(N)n1. The third-order valence-electron chi connectivity index (χ3n) is 3.54. The van der Waals surface area contributed by atoms with Crippen LogP contribution in [0.25, 0.3) is 0 Å². The van der Waals surface area contributed by atoms with Gasteiger partial charge in [-0.2, -0.15) is 4.98 Å². The number of nitrogen functional groups attached to an aromatic ring is 1. The normalized spacial score (nSPS) is 23.4. The van der Waals surface area contributed by atoms with Crippen molar-refractivity contribution in [1.29, 1.82) is 0 Å². The predicted octanol–water partition coefficient (Wildman–Crippen LogP) is 3.09. The lowest BCUT2D eigenvalue weighted by Crippen LogP contribution is -2.39. The summed E-state index contributed by atoms with van der Waals surface area (Å²) in [6, 6.07) is 2.14. The van der Waals surface area contributed by atoms with Crippen molar-refractivity contribution in [2.24, 2.45) is 5.41 Å². The van der Waals surface area contributed by atoms with Gasteiger partial charge >= 0.3 is 0 Å². The molecule has 3 N–H and O–H groups in total. The molecule has 4 nitrogen and oxygen atoms in total. The summed E-state index contributed by atoms with van der Waals surface area (Å²) in [5, 5.41) is 3.82. The summed E-state index contributed by atoms with van der Waals surface area (Å²) in [5.41, 5.74) is 5.87. The Hall–Kier alpha value is -1.03. The smallest absolute Gasteiger partial charge is 0.223 e. The summed E-state index contributed by atoms with van der Waals surface area (Å²) in [5.74, 6) is 0.941. The number of anilines is 2. The summed E-state index contributed by atoms with van der Waals surface area (Å²) in [6.45, 7) is 4.58. The zero-order valence-corrected chi connectivity index (χ0v) is 11.1. The maximum atomic E-state index is 5.87. The van der Waals surface area contributed by atoms with Gasteiger partial charge in [0.2, 0.25) is 5.95 Å². The van der Waals surface area contributed by atoms with Gasteiger partial charge in [-0.3, -0.25) is 0 Å². The summed E-state index contributed by atoms with van der Waals surface area (Å²) >= 11 is 5.87. The van der Waals surface area contributed by atoms with Gasteiger partial charge in [0.1, 0.15) is 11.0 Å². The molecule has 0 spiro atoms. The molecule has 17 heavy (non-hydrogen) atoms. The minimum absolute atomic E-state index is 0.216. The lowest BCUT2D eigenvalue weighted by molar-refractivity contribution is 0.216. The Kier molecular flexibility index (Phi) is 3.43. The van der Waals surface area contributed by atoms with Crippen LogP contribution >= 0.6 is 11.6 Å². The molecule has 1 saturated carbocycles. The van der Waals surface area contributed by atoms with Crippen molar-refractivity contribution in [3.05, 3.63) is 11.2 Å². The average molecular weight is 255 g/mol. The van der Waals surface area contributed by atoms with Gasteiger partial charge in [0, 0.05) is 12.1 Å². The van der Waals surface area contributed by atoms with E-state index in [9.17, 15) is 0 Å². The second kappa shape index (κ2) is 4.69. The van der Waals surface area contributed by atoms with E-state index in [1.54, 1.807) is 6.07 Å². The highest BCUT2D eigenvalue weighted by Crippen LogP contribution is 2.37. The van der Waals surface area contributed by atoms with Gasteiger partial charge in [-0.1, -0.05) is 38.3 Å². The molecular weight excluding hydrogens is 236 g/mol. The van der Waals surface area contributed by atoms with Gasteiger partial charge in [0.25, 0.3) is 0 Å². The molecule has 0 bridgehead atoms. The quantitative estimate of drug-likeness (QED) is 0.796. The first kappa shape index (κ1) is 12.4. The molecule has 1 aliphatic rings. The molecule has 1 aromatic heterocycles. The molecule has 94 valence electrons. The van der Waals surface area contributed by atoms with E-state index in [0.717, 1.165) is 12.2 Å². The van der Waals surface area contributed by atoms with E-state index >= 15 is 0 Å². The Morgan fingerprint density at radius 1 is 1.41 bits per heavy atom. The van der Waals surface area contributed by atoms with E-state index in [4.69, 9.17) is 17.3 Å². The van der Waals surface area contributed by atoms with E-state index in [1.807, 2.05) is 0 Å². The molecule has 1 unspecified atom stereocenters. The van der Waals surface area contributed by atoms with Crippen molar-refractivity contribution in [2.75, 3.05) is 11.1 Å². The van der Waals surface area contributed by atoms with Gasteiger partial charge in [-0.15, -0.1) is 0 Å². The van der Waals surface area contributed by atoms with Crippen LogP contribution < -0.4 is 11.1 Å². The summed E-state index contributed by atoms with van der Waals surface area (Å²) < 4.78 is 0. The second-order valence-electron chi connectivity index (χ2n) is 5.37. The summed E-state index contributed by atoms with van der Waals surface area (Å²) in [6.07, 6.45) is 4.96. The Labute approximate surface area is 107 Å². The molecule has 0 radical (unpaired) electrons. The number of hydrogen-bond acceptors (Lipinski definition) is 4. The van der Waals surface area contributed by atoms with Crippen LogP contribution in [0.2, 0.25) is 5.15 Å². The van der Waals surface area contributed by atoms with Crippen molar-refractivity contribution < 1.29 is 0 Å². The minimum atomic E-state index is 0.216. The van der Waals surface area contributed by atoms with Gasteiger partial charge in [0.05, 0.1) is 0 Å². The van der Waals surface area contributed by atoms with E-state index < -0.39 is 0 Å². The second-order valence-corrected chi connectivity index (χ2v) is 5.75. The van der Waals surface area contributed by atoms with Crippen molar-refractivity contribution in [3.63, 3.8) is 0 Å². The number of hydrogen-bond donors (Lipinski definition) is 2. The average Bonchev–Trinajstić information content (AvgIpc) is 2.19. The molecule has 5 heteroatoms. The fourth-order valence-corrected chi connectivity index (χ4v) is 2.64. The third-order valence-corrected chi connectivity index (χ3v) is 3.74. The van der Waals surface area contributed by atoms with E-state index in [0.29, 0.717) is 11.2 Å². The lowest BCUT2D eigenvalue weighted by atomic mass is 9.73. The number of rotatable bonds is 2.